The van der Waals surface area contributed by atoms with Crippen LogP contribution in [0.2, 0.25) is 0 Å². The van der Waals surface area contributed by atoms with E-state index in [4.69, 9.17) is 19.3 Å². The first kappa shape index (κ1) is 52.9. The number of carbonyl (C=O) groups excluding carboxylic acids is 2. The molecule has 11 nitrogen and oxygen atoms in total. The Balaban J connectivity index is 4.22. The number of phosphoric ester groups is 1. The van der Waals surface area contributed by atoms with Crippen LogP contribution in [-0.2, 0) is 28.2 Å². The maximum absolute atomic E-state index is 12.4. The van der Waals surface area contributed by atoms with Crippen molar-refractivity contribution in [1.29, 1.82) is 0 Å². The molecule has 0 rings (SSSR count). The number of phosphoric acid groups is 1. The van der Waals surface area contributed by atoms with Crippen LogP contribution >= 0.6 is 7.82 Å². The van der Waals surface area contributed by atoms with Crippen molar-refractivity contribution < 1.29 is 53.3 Å². The molecule has 0 aromatic carbocycles. The standard InChI is InChI=1S/C43H77O11P/c1-3-5-7-8-9-10-11-12-13-14-15-16-17-18-19-24-28-34-43(48)54-39(37-53-55(49,50)51)36-52-42(47)35-29-33-41(46)40(45)32-27-23-21-20-22-26-31-38(44)30-25-6-4-2/h20-23,26-27,31-32,38-41,44-46H,3-19,24-25,28-30,33-37H2,1-2H3,(H2,49,50,51)/b22-20-,23-21+,31-26+,32-27+/t38-,39-,40-,41-/m1/s1. The fraction of sp³-hybridized carbons (Fsp3) is 0.767. The van der Waals surface area contributed by atoms with Gasteiger partial charge >= 0.3 is 19.8 Å². The molecule has 55 heavy (non-hydrogen) atoms. The summed E-state index contributed by atoms with van der Waals surface area (Å²) in [5.74, 6) is -1.21. The average Bonchev–Trinajstić information content (AvgIpc) is 3.14. The van der Waals surface area contributed by atoms with Crippen molar-refractivity contribution >= 4 is 19.8 Å². The van der Waals surface area contributed by atoms with Crippen LogP contribution in [0.1, 0.15) is 174 Å². The van der Waals surface area contributed by atoms with Crippen LogP contribution in [0.15, 0.2) is 48.6 Å². The smallest absolute Gasteiger partial charge is 0.462 e. The van der Waals surface area contributed by atoms with Crippen molar-refractivity contribution in [2.24, 2.45) is 0 Å². The Bertz CT molecular complexity index is 1080. The highest BCUT2D eigenvalue weighted by Gasteiger charge is 2.23. The van der Waals surface area contributed by atoms with E-state index in [9.17, 15) is 29.5 Å². The summed E-state index contributed by atoms with van der Waals surface area (Å²) in [6.07, 6.45) is 34.9. The topological polar surface area (TPSA) is 180 Å². The highest BCUT2D eigenvalue weighted by molar-refractivity contribution is 7.46. The first-order valence-corrected chi connectivity index (χ1v) is 22.8. The van der Waals surface area contributed by atoms with Crippen LogP contribution in [0.5, 0.6) is 0 Å². The van der Waals surface area contributed by atoms with Crippen molar-refractivity contribution in [1.82, 2.24) is 0 Å². The number of allylic oxidation sites excluding steroid dienone is 6. The molecule has 0 saturated carbocycles. The molecule has 12 heteroatoms. The van der Waals surface area contributed by atoms with Crippen molar-refractivity contribution in [3.05, 3.63) is 48.6 Å². The minimum atomic E-state index is -4.84. The summed E-state index contributed by atoms with van der Waals surface area (Å²) in [6.45, 7) is 3.30. The molecule has 0 bridgehead atoms. The molecule has 0 spiro atoms. The van der Waals surface area contributed by atoms with Gasteiger partial charge in [-0.1, -0.05) is 184 Å². The Hall–Kier alpha value is -2.11. The van der Waals surface area contributed by atoms with Gasteiger partial charge in [0.05, 0.1) is 24.9 Å². The van der Waals surface area contributed by atoms with E-state index in [0.717, 1.165) is 44.9 Å². The van der Waals surface area contributed by atoms with Gasteiger partial charge in [-0.3, -0.25) is 14.1 Å². The molecule has 0 aliphatic heterocycles. The Morgan fingerprint density at radius 1 is 0.545 bits per heavy atom. The van der Waals surface area contributed by atoms with E-state index in [1.54, 1.807) is 42.5 Å². The third-order valence-electron chi connectivity index (χ3n) is 9.22. The molecule has 0 amide bonds. The van der Waals surface area contributed by atoms with E-state index in [-0.39, 0.29) is 25.7 Å². The predicted octanol–water partition coefficient (Wildman–Crippen LogP) is 9.65. The second-order valence-electron chi connectivity index (χ2n) is 14.5. The molecule has 5 N–H and O–H groups in total. The normalized spacial score (nSPS) is 14.7. The fourth-order valence-electron chi connectivity index (χ4n) is 5.87. The van der Waals surface area contributed by atoms with Crippen LogP contribution in [0.4, 0.5) is 0 Å². The van der Waals surface area contributed by atoms with E-state index in [2.05, 4.69) is 18.4 Å². The molecule has 0 aliphatic carbocycles. The molecular formula is C43H77O11P. The minimum absolute atomic E-state index is 0.0850. The van der Waals surface area contributed by atoms with Gasteiger partial charge < -0.3 is 34.6 Å². The number of aliphatic hydroxyl groups is 3. The Kier molecular flexibility index (Phi) is 36.0. The second-order valence-corrected chi connectivity index (χ2v) is 15.8. The van der Waals surface area contributed by atoms with Crippen molar-refractivity contribution in [3.63, 3.8) is 0 Å². The van der Waals surface area contributed by atoms with Crippen LogP contribution < -0.4 is 0 Å². The van der Waals surface area contributed by atoms with E-state index in [1.807, 2.05) is 0 Å². The summed E-state index contributed by atoms with van der Waals surface area (Å²) in [6, 6.07) is 0. The summed E-state index contributed by atoms with van der Waals surface area (Å²) < 4.78 is 26.2. The summed E-state index contributed by atoms with van der Waals surface area (Å²) >= 11 is 0. The number of rotatable bonds is 38. The number of hydrogen-bond acceptors (Lipinski definition) is 9. The lowest BCUT2D eigenvalue weighted by molar-refractivity contribution is -0.161. The molecule has 320 valence electrons. The molecule has 0 radical (unpaired) electrons. The van der Waals surface area contributed by atoms with Gasteiger partial charge in [-0.2, -0.15) is 0 Å². The zero-order valence-corrected chi connectivity index (χ0v) is 35.0. The molecule has 0 fully saturated rings. The lowest BCUT2D eigenvalue weighted by Gasteiger charge is -2.18. The van der Waals surface area contributed by atoms with Crippen LogP contribution in [0.3, 0.4) is 0 Å². The largest absolute Gasteiger partial charge is 0.469 e. The van der Waals surface area contributed by atoms with Gasteiger partial charge in [0.2, 0.25) is 0 Å². The molecule has 0 aliphatic rings. The third-order valence-corrected chi connectivity index (χ3v) is 9.70. The monoisotopic (exact) mass is 801 g/mol. The summed E-state index contributed by atoms with van der Waals surface area (Å²) in [5, 5.41) is 30.3. The van der Waals surface area contributed by atoms with E-state index < -0.39 is 57.4 Å². The van der Waals surface area contributed by atoms with Gasteiger partial charge in [-0.15, -0.1) is 0 Å². The number of carbonyl (C=O) groups is 2. The van der Waals surface area contributed by atoms with E-state index in [0.29, 0.717) is 6.42 Å². The van der Waals surface area contributed by atoms with Crippen LogP contribution in [-0.4, -0.2) is 74.7 Å². The first-order valence-electron chi connectivity index (χ1n) is 21.3. The molecule has 4 atom stereocenters. The summed E-state index contributed by atoms with van der Waals surface area (Å²) in [4.78, 5) is 42.9. The quantitative estimate of drug-likeness (QED) is 0.0174. The molecule has 0 aromatic heterocycles. The maximum atomic E-state index is 12.4. The number of unbranched alkanes of at least 4 members (excludes halogenated alkanes) is 18. The van der Waals surface area contributed by atoms with Crippen molar-refractivity contribution in [2.45, 2.75) is 199 Å². The molecule has 0 unspecified atom stereocenters. The summed E-state index contributed by atoms with van der Waals surface area (Å²) in [7, 11) is -4.84. The number of ether oxygens (including phenoxy) is 2. The third kappa shape index (κ3) is 38.5. The Labute approximate surface area is 332 Å². The lowest BCUT2D eigenvalue weighted by Crippen LogP contribution is -2.29. The van der Waals surface area contributed by atoms with Crippen LogP contribution in [0.25, 0.3) is 0 Å². The SMILES string of the molecule is CCCCCCCCCCCCCCCCCCCC(=O)O[C@H](COC(=O)CCC[C@@H](O)[C@H](O)/C=C/C=C/C=C\C=C\[C@H](O)CCCCC)COP(=O)(O)O. The Morgan fingerprint density at radius 3 is 1.53 bits per heavy atom. The van der Waals surface area contributed by atoms with Gasteiger partial charge in [0, 0.05) is 12.8 Å². The average molecular weight is 801 g/mol. The summed E-state index contributed by atoms with van der Waals surface area (Å²) in [5.41, 5.74) is 0. The molecule has 0 saturated heterocycles. The number of aliphatic hydroxyl groups excluding tert-OH is 3. The van der Waals surface area contributed by atoms with Crippen molar-refractivity contribution in [3.8, 4) is 0 Å². The lowest BCUT2D eigenvalue weighted by atomic mass is 10.0. The van der Waals surface area contributed by atoms with Gasteiger partial charge in [-0.25, -0.2) is 4.57 Å². The fourth-order valence-corrected chi connectivity index (χ4v) is 6.24. The van der Waals surface area contributed by atoms with E-state index in [1.165, 1.54) is 89.5 Å². The number of hydrogen-bond donors (Lipinski definition) is 5. The zero-order chi connectivity index (χ0) is 40.8. The van der Waals surface area contributed by atoms with Gasteiger partial charge in [0.15, 0.2) is 6.10 Å². The van der Waals surface area contributed by atoms with Crippen molar-refractivity contribution in [2.75, 3.05) is 13.2 Å². The first-order chi connectivity index (χ1) is 26.5. The molecule has 0 heterocycles. The highest BCUT2D eigenvalue weighted by atomic mass is 31.2. The van der Waals surface area contributed by atoms with Gasteiger partial charge in [-0.05, 0) is 25.7 Å². The van der Waals surface area contributed by atoms with E-state index >= 15 is 0 Å². The number of esters is 2. The van der Waals surface area contributed by atoms with Gasteiger partial charge in [0.25, 0.3) is 0 Å². The minimum Gasteiger partial charge on any atom is -0.462 e. The van der Waals surface area contributed by atoms with Gasteiger partial charge in [0.1, 0.15) is 6.61 Å². The molecule has 0 aromatic rings. The maximum Gasteiger partial charge on any atom is 0.469 e. The zero-order valence-electron chi connectivity index (χ0n) is 34.2. The highest BCUT2D eigenvalue weighted by Crippen LogP contribution is 2.36. The Morgan fingerprint density at radius 2 is 1.00 bits per heavy atom. The second kappa shape index (κ2) is 37.5. The molecular weight excluding hydrogens is 723 g/mol. The van der Waals surface area contributed by atoms with Crippen LogP contribution in [0, 0.1) is 0 Å². The predicted molar refractivity (Wildman–Crippen MR) is 220 cm³/mol.